The molecular weight excluding hydrogens is 304 g/mol. The quantitative estimate of drug-likeness (QED) is 0.424. The third-order valence-electron chi connectivity index (χ3n) is 3.85. The second-order valence-electron chi connectivity index (χ2n) is 5.99. The highest BCUT2D eigenvalue weighted by atomic mass is 16.3. The van der Waals surface area contributed by atoms with E-state index in [1.807, 2.05) is 31.3 Å². The van der Waals surface area contributed by atoms with Crippen LogP contribution in [0.15, 0.2) is 36.7 Å². The Morgan fingerprint density at radius 3 is 2.88 bits per heavy atom. The van der Waals surface area contributed by atoms with Gasteiger partial charge in [0.15, 0.2) is 12.4 Å². The number of allylic oxidation sites excluding steroid dienone is 1. The molecule has 3 N–H and O–H groups in total. The minimum absolute atomic E-state index is 0.165. The molecule has 5 nitrogen and oxygen atoms in total. The summed E-state index contributed by atoms with van der Waals surface area (Å²) in [6.07, 6.45) is 10.7. The lowest BCUT2D eigenvalue weighted by Crippen LogP contribution is -2.45. The lowest BCUT2D eigenvalue weighted by Gasteiger charge is -2.19. The first kappa shape index (κ1) is 20.3. The van der Waals surface area contributed by atoms with Gasteiger partial charge in [-0.25, -0.2) is 4.57 Å². The van der Waals surface area contributed by atoms with Gasteiger partial charge in [-0.2, -0.15) is 0 Å². The number of pyridine rings is 1. The molecule has 1 amide bonds. The summed E-state index contributed by atoms with van der Waals surface area (Å²) in [6.45, 7) is 4.82. The number of nitrogens with one attached hydrogen (secondary N) is 1. The van der Waals surface area contributed by atoms with Crippen molar-refractivity contribution in [2.45, 2.75) is 64.6 Å². The van der Waals surface area contributed by atoms with E-state index < -0.39 is 12.1 Å². The first-order chi connectivity index (χ1) is 11.6. The number of amides is 1. The summed E-state index contributed by atoms with van der Waals surface area (Å²) < 4.78 is 2.15. The molecule has 0 fully saturated rings. The van der Waals surface area contributed by atoms with Crippen LogP contribution in [0.4, 0.5) is 0 Å². The Morgan fingerprint density at radius 1 is 1.42 bits per heavy atom. The van der Waals surface area contributed by atoms with Crippen molar-refractivity contribution in [3.05, 3.63) is 42.2 Å². The Morgan fingerprint density at radius 2 is 2.21 bits per heavy atom. The van der Waals surface area contributed by atoms with Crippen molar-refractivity contribution >= 4 is 5.91 Å². The molecule has 1 aromatic rings. The zero-order valence-corrected chi connectivity index (χ0v) is 14.8. The van der Waals surface area contributed by atoms with E-state index >= 15 is 0 Å². The first-order valence-electron chi connectivity index (χ1n) is 8.83. The van der Waals surface area contributed by atoms with Gasteiger partial charge < -0.3 is 15.5 Å². The second kappa shape index (κ2) is 11.8. The summed E-state index contributed by atoms with van der Waals surface area (Å²) in [5.74, 6) is -0.165. The normalized spacial score (nSPS) is 13.8. The number of aromatic nitrogens is 1. The van der Waals surface area contributed by atoms with E-state index in [4.69, 9.17) is 0 Å². The minimum atomic E-state index is -0.869. The number of carbonyl (C=O) groups excluding carboxylic acids is 1. The standard InChI is InChI=1S/C19H30N2O3/c1-3-5-9-18(23)17(15-22)20-19(24)11-10-16-8-7-13-21(14-16)12-6-4-2/h5,7-9,13-14,17-18,22-23H,3-4,6,10-12,15H2,1-2H3/p+1/t17-,18+/m0/s1. The summed E-state index contributed by atoms with van der Waals surface area (Å²) in [6, 6.07) is 3.35. The van der Waals surface area contributed by atoms with Crippen molar-refractivity contribution < 1.29 is 19.6 Å². The number of nitrogens with zero attached hydrogens (tertiary/aromatic N) is 1. The molecule has 1 heterocycles. The van der Waals surface area contributed by atoms with E-state index in [2.05, 4.69) is 23.0 Å². The van der Waals surface area contributed by atoms with Crippen LogP contribution in [0.2, 0.25) is 0 Å². The van der Waals surface area contributed by atoms with Gasteiger partial charge in [0.25, 0.3) is 0 Å². The van der Waals surface area contributed by atoms with Gasteiger partial charge >= 0.3 is 0 Å². The second-order valence-corrected chi connectivity index (χ2v) is 5.99. The van der Waals surface area contributed by atoms with Crippen LogP contribution in [-0.2, 0) is 17.8 Å². The van der Waals surface area contributed by atoms with Gasteiger partial charge in [0, 0.05) is 24.5 Å². The van der Waals surface area contributed by atoms with Crippen LogP contribution in [0.5, 0.6) is 0 Å². The van der Waals surface area contributed by atoms with E-state index in [9.17, 15) is 15.0 Å². The summed E-state index contributed by atoms with van der Waals surface area (Å²) in [4.78, 5) is 12.1. The highest BCUT2D eigenvalue weighted by Gasteiger charge is 2.18. The lowest BCUT2D eigenvalue weighted by atomic mass is 10.1. The molecule has 0 aliphatic carbocycles. The molecule has 0 bridgehead atoms. The van der Waals surface area contributed by atoms with Crippen LogP contribution in [0, 0.1) is 0 Å². The van der Waals surface area contributed by atoms with Gasteiger partial charge in [-0.1, -0.05) is 32.4 Å². The van der Waals surface area contributed by atoms with Crippen molar-refractivity contribution in [1.29, 1.82) is 0 Å². The molecule has 0 aliphatic rings. The van der Waals surface area contributed by atoms with Crippen LogP contribution in [0.1, 0.15) is 45.1 Å². The molecule has 0 aliphatic heterocycles. The van der Waals surface area contributed by atoms with Crippen LogP contribution < -0.4 is 9.88 Å². The molecule has 0 unspecified atom stereocenters. The Balaban J connectivity index is 2.48. The molecule has 0 saturated heterocycles. The van der Waals surface area contributed by atoms with Crippen LogP contribution in [-0.4, -0.2) is 34.9 Å². The molecule has 24 heavy (non-hydrogen) atoms. The maximum Gasteiger partial charge on any atom is 0.220 e. The molecule has 1 aromatic heterocycles. The Kier molecular flexibility index (Phi) is 9.96. The van der Waals surface area contributed by atoms with Crippen molar-refractivity contribution in [1.82, 2.24) is 5.32 Å². The molecule has 0 aromatic carbocycles. The number of carbonyl (C=O) groups is 1. The maximum atomic E-state index is 12.1. The largest absolute Gasteiger partial charge is 0.394 e. The van der Waals surface area contributed by atoms with Crippen LogP contribution in [0.3, 0.4) is 0 Å². The summed E-state index contributed by atoms with van der Waals surface area (Å²) in [7, 11) is 0. The summed E-state index contributed by atoms with van der Waals surface area (Å²) in [5.41, 5.74) is 1.11. The average Bonchev–Trinajstić information content (AvgIpc) is 2.61. The summed E-state index contributed by atoms with van der Waals surface area (Å²) >= 11 is 0. The van der Waals surface area contributed by atoms with Gasteiger partial charge in [-0.05, 0) is 18.9 Å². The SMILES string of the molecule is CCC=C[C@@H](O)[C@H](CO)NC(=O)CCc1ccc[n+](CCCC)c1. The van der Waals surface area contributed by atoms with Gasteiger partial charge in [-0.15, -0.1) is 0 Å². The molecule has 5 heteroatoms. The maximum absolute atomic E-state index is 12.1. The van der Waals surface area contributed by atoms with E-state index in [-0.39, 0.29) is 12.5 Å². The summed E-state index contributed by atoms with van der Waals surface area (Å²) in [5, 5.41) is 22.0. The first-order valence-corrected chi connectivity index (χ1v) is 8.83. The van der Waals surface area contributed by atoms with Crippen molar-refractivity contribution in [3.63, 3.8) is 0 Å². The van der Waals surface area contributed by atoms with Gasteiger partial charge in [0.1, 0.15) is 6.54 Å². The molecule has 0 spiro atoms. The third-order valence-corrected chi connectivity index (χ3v) is 3.85. The number of aryl methyl sites for hydroxylation is 2. The smallest absolute Gasteiger partial charge is 0.220 e. The molecule has 2 atom stereocenters. The highest BCUT2D eigenvalue weighted by Crippen LogP contribution is 2.02. The Bertz CT molecular complexity index is 517. The van der Waals surface area contributed by atoms with Gasteiger partial charge in [0.05, 0.1) is 18.8 Å². The number of aliphatic hydroxyl groups is 2. The van der Waals surface area contributed by atoms with E-state index in [1.165, 1.54) is 0 Å². The van der Waals surface area contributed by atoms with E-state index in [0.29, 0.717) is 12.8 Å². The topological polar surface area (TPSA) is 73.4 Å². The number of rotatable bonds is 11. The fourth-order valence-electron chi connectivity index (χ4n) is 2.39. The predicted molar refractivity (Wildman–Crippen MR) is 94.3 cm³/mol. The highest BCUT2D eigenvalue weighted by molar-refractivity contribution is 5.76. The molecule has 134 valence electrons. The van der Waals surface area contributed by atoms with Crippen molar-refractivity contribution in [2.24, 2.45) is 0 Å². The van der Waals surface area contributed by atoms with Crippen molar-refractivity contribution in [3.8, 4) is 0 Å². The average molecular weight is 335 g/mol. The van der Waals surface area contributed by atoms with Gasteiger partial charge in [0.2, 0.25) is 5.91 Å². The monoisotopic (exact) mass is 335 g/mol. The predicted octanol–water partition coefficient (Wildman–Crippen LogP) is 1.51. The third kappa shape index (κ3) is 7.70. The molecule has 0 saturated carbocycles. The lowest BCUT2D eigenvalue weighted by molar-refractivity contribution is -0.697. The zero-order chi connectivity index (χ0) is 17.8. The zero-order valence-electron chi connectivity index (χ0n) is 14.8. The van der Waals surface area contributed by atoms with E-state index in [0.717, 1.165) is 31.4 Å². The fourth-order valence-corrected chi connectivity index (χ4v) is 2.39. The fraction of sp³-hybridized carbons (Fsp3) is 0.579. The Labute approximate surface area is 145 Å². The molecule has 1 rings (SSSR count). The van der Waals surface area contributed by atoms with Gasteiger partial charge in [-0.3, -0.25) is 4.79 Å². The molecular formula is C19H31N2O3+. The van der Waals surface area contributed by atoms with E-state index in [1.54, 1.807) is 6.08 Å². The molecule has 0 radical (unpaired) electrons. The number of aliphatic hydroxyl groups excluding tert-OH is 2. The minimum Gasteiger partial charge on any atom is -0.394 e. The van der Waals surface area contributed by atoms with Crippen molar-refractivity contribution in [2.75, 3.05) is 6.61 Å². The van der Waals surface area contributed by atoms with Crippen LogP contribution >= 0.6 is 0 Å². The number of hydrogen-bond acceptors (Lipinski definition) is 3. The number of unbranched alkanes of at least 4 members (excludes halogenated alkanes) is 1. The number of hydrogen-bond donors (Lipinski definition) is 3. The Hall–Kier alpha value is -1.72. The van der Waals surface area contributed by atoms with Crippen LogP contribution in [0.25, 0.3) is 0 Å².